The molecule has 0 aliphatic heterocycles. The predicted octanol–water partition coefficient (Wildman–Crippen LogP) is -1.70. The molecule has 0 saturated carbocycles. The third-order valence-corrected chi connectivity index (χ3v) is 0. The van der Waals surface area contributed by atoms with E-state index in [1.54, 1.807) is 0 Å². The summed E-state index contributed by atoms with van der Waals surface area (Å²) in [5.74, 6) is 0. The van der Waals surface area contributed by atoms with E-state index in [1.807, 2.05) is 0 Å². The topological polar surface area (TPSA) is 138 Å². The van der Waals surface area contributed by atoms with Gasteiger partial charge in [0.25, 0.3) is 5.09 Å². The SMILES string of the molecule is O=[N+]([O-])O.[O]=[Cr](=[O])([OH])[OH]. The molecule has 0 saturated heterocycles. The average molecular weight is 181 g/mol. The van der Waals surface area contributed by atoms with Crippen LogP contribution in [0, 0.1) is 10.1 Å². The Hall–Kier alpha value is -0.748. The number of hydrogen-bond acceptors (Lipinski definition) is 4. The Kier molecular flexibility index (Phi) is 5.14. The molecule has 0 aromatic carbocycles. The van der Waals surface area contributed by atoms with Crippen molar-refractivity contribution in [3.8, 4) is 0 Å². The van der Waals surface area contributed by atoms with E-state index in [0.29, 0.717) is 0 Å². The van der Waals surface area contributed by atoms with Crippen LogP contribution in [-0.2, 0) is 21.2 Å². The number of nitrogens with zero attached hydrogens (tertiary/aromatic N) is 1. The molecule has 56 valence electrons. The van der Waals surface area contributed by atoms with Crippen molar-refractivity contribution < 1.29 is 39.8 Å². The summed E-state index contributed by atoms with van der Waals surface area (Å²) in [6, 6.07) is 0. The molecule has 0 aromatic rings. The van der Waals surface area contributed by atoms with Crippen molar-refractivity contribution in [2.75, 3.05) is 0 Å². The Bertz CT molecular complexity index is 151. The van der Waals surface area contributed by atoms with Gasteiger partial charge in [-0.15, -0.1) is 10.1 Å². The Morgan fingerprint density at radius 2 is 1.33 bits per heavy atom. The van der Waals surface area contributed by atoms with Crippen LogP contribution >= 0.6 is 0 Å². The summed E-state index contributed by atoms with van der Waals surface area (Å²) in [6.45, 7) is 0. The maximum atomic E-state index is 8.82. The summed E-state index contributed by atoms with van der Waals surface area (Å²) in [5.41, 5.74) is 0. The van der Waals surface area contributed by atoms with Crippen molar-refractivity contribution >= 4 is 0 Å². The van der Waals surface area contributed by atoms with Gasteiger partial charge in [0, 0.05) is 0 Å². The average Bonchev–Trinajstić information content (AvgIpc) is 1.19. The Morgan fingerprint density at radius 1 is 1.33 bits per heavy atom. The van der Waals surface area contributed by atoms with Crippen molar-refractivity contribution in [2.24, 2.45) is 0 Å². The van der Waals surface area contributed by atoms with Gasteiger partial charge in [0.15, 0.2) is 0 Å². The molecule has 0 rings (SSSR count). The Labute approximate surface area is 50.8 Å². The van der Waals surface area contributed by atoms with Crippen LogP contribution in [0.15, 0.2) is 0 Å². The summed E-state index contributed by atoms with van der Waals surface area (Å²) in [5, 5.41) is 13.6. The molecule has 0 heterocycles. The molecular formula is H3CrNO7. The van der Waals surface area contributed by atoms with E-state index in [1.165, 1.54) is 0 Å². The van der Waals surface area contributed by atoms with Gasteiger partial charge in [-0.2, -0.15) is 0 Å². The predicted molar refractivity (Wildman–Crippen MR) is 14.6 cm³/mol. The van der Waals surface area contributed by atoms with Gasteiger partial charge in [0.2, 0.25) is 0 Å². The van der Waals surface area contributed by atoms with Crippen LogP contribution in [0.25, 0.3) is 0 Å². The molecule has 9 heavy (non-hydrogen) atoms. The molecule has 8 nitrogen and oxygen atoms in total. The van der Waals surface area contributed by atoms with Gasteiger partial charge in [0.1, 0.15) is 0 Å². The third kappa shape index (κ3) is 358. The second kappa shape index (κ2) is 4.16. The van der Waals surface area contributed by atoms with Crippen LogP contribution in [0.5, 0.6) is 0 Å². The van der Waals surface area contributed by atoms with Crippen LogP contribution in [0.4, 0.5) is 0 Å². The van der Waals surface area contributed by atoms with Crippen LogP contribution in [0.2, 0.25) is 0 Å². The van der Waals surface area contributed by atoms with E-state index in [-0.39, 0.29) is 0 Å². The standard InChI is InChI=1S/Cr.HNO3.2H2O.2O/c;2-1(3)4;;;;/h;(H,2,3,4);2*1H2;;/q+2;;;;;/p-2. The van der Waals surface area contributed by atoms with Crippen molar-refractivity contribution in [3.05, 3.63) is 10.1 Å². The summed E-state index contributed by atoms with van der Waals surface area (Å²) >= 11 is -5.25. The first-order valence-electron chi connectivity index (χ1n) is 1.26. The molecule has 9 heteroatoms. The number of hydrogen-bond donors (Lipinski definition) is 3. The molecule has 0 spiro atoms. The zero-order valence-corrected chi connectivity index (χ0v) is 5.11. The second-order valence-corrected chi connectivity index (χ2v) is 2.08. The quantitative estimate of drug-likeness (QED) is 0.299. The normalized spacial score (nSPS) is 9.11. The summed E-state index contributed by atoms with van der Waals surface area (Å²) in [6.07, 6.45) is 0. The molecule has 0 unspecified atom stereocenters. The van der Waals surface area contributed by atoms with Crippen molar-refractivity contribution in [1.82, 2.24) is 0 Å². The molecule has 0 fully saturated rings. The Morgan fingerprint density at radius 3 is 1.33 bits per heavy atom. The van der Waals surface area contributed by atoms with Crippen LogP contribution in [-0.4, -0.2) is 18.6 Å². The molecule has 0 radical (unpaired) electrons. The van der Waals surface area contributed by atoms with E-state index < -0.39 is 18.7 Å². The van der Waals surface area contributed by atoms with Gasteiger partial charge in [0.05, 0.1) is 0 Å². The first kappa shape index (κ1) is 11.1. The van der Waals surface area contributed by atoms with E-state index in [4.69, 9.17) is 31.2 Å². The van der Waals surface area contributed by atoms with Gasteiger partial charge in [-0.1, -0.05) is 0 Å². The molecular weight excluding hydrogens is 178 g/mol. The fraction of sp³-hybridized carbons (Fsp3) is 0. The van der Waals surface area contributed by atoms with Crippen molar-refractivity contribution in [1.29, 1.82) is 0 Å². The van der Waals surface area contributed by atoms with Gasteiger partial charge in [-0.05, 0) is 0 Å². The van der Waals surface area contributed by atoms with Crippen LogP contribution in [0.3, 0.4) is 0 Å². The molecule has 0 bridgehead atoms. The second-order valence-electron chi connectivity index (χ2n) is 0.686. The number of rotatable bonds is 0. The molecule has 0 amide bonds. The van der Waals surface area contributed by atoms with Gasteiger partial charge >= 0.3 is 29.5 Å². The summed E-state index contributed by atoms with van der Waals surface area (Å²) in [4.78, 5) is 8.36. The minimum atomic E-state index is -5.25. The first-order chi connectivity index (χ1) is 3.73. The van der Waals surface area contributed by atoms with E-state index in [2.05, 4.69) is 0 Å². The summed E-state index contributed by atoms with van der Waals surface area (Å²) in [7, 11) is 0. The van der Waals surface area contributed by atoms with Crippen molar-refractivity contribution in [3.63, 3.8) is 0 Å². The molecule has 0 aliphatic carbocycles. The van der Waals surface area contributed by atoms with E-state index in [9.17, 15) is 0 Å². The maximum absolute atomic E-state index is 8.82. The molecule has 0 atom stereocenters. The van der Waals surface area contributed by atoms with Crippen LogP contribution in [0.1, 0.15) is 0 Å². The third-order valence-electron chi connectivity index (χ3n) is 0. The minimum absolute atomic E-state index is 1.50. The zero-order valence-electron chi connectivity index (χ0n) is 3.83. The van der Waals surface area contributed by atoms with Gasteiger partial charge in [-0.25, -0.2) is 0 Å². The monoisotopic (exact) mass is 181 g/mol. The fourth-order valence-corrected chi connectivity index (χ4v) is 0. The van der Waals surface area contributed by atoms with Crippen LogP contribution < -0.4 is 0 Å². The first-order valence-corrected chi connectivity index (χ1v) is 3.45. The molecule has 3 N–H and O–H groups in total. The zero-order chi connectivity index (χ0) is 8.08. The molecule has 0 aliphatic rings. The van der Waals surface area contributed by atoms with E-state index >= 15 is 0 Å². The fourth-order valence-electron chi connectivity index (χ4n) is 0. The Balaban J connectivity index is 0. The molecule has 0 aromatic heterocycles. The van der Waals surface area contributed by atoms with Gasteiger partial charge < -0.3 is 5.21 Å². The summed E-state index contributed by atoms with van der Waals surface area (Å²) < 4.78 is 31.9. The van der Waals surface area contributed by atoms with Crippen molar-refractivity contribution in [2.45, 2.75) is 0 Å². The van der Waals surface area contributed by atoms with Gasteiger partial charge in [-0.3, -0.25) is 0 Å². The van der Waals surface area contributed by atoms with E-state index in [0.717, 1.165) is 0 Å².